The number of hydrogen-bond donors (Lipinski definition) is 1. The first-order valence-electron chi connectivity index (χ1n) is 11.1. The number of benzene rings is 3. The fourth-order valence-corrected chi connectivity index (χ4v) is 5.09. The van der Waals surface area contributed by atoms with Crippen LogP contribution in [-0.2, 0) is 14.8 Å². The summed E-state index contributed by atoms with van der Waals surface area (Å²) in [5.74, 6) is 0.278. The number of carbonyl (C=O) groups excluding carboxylic acids is 1. The Morgan fingerprint density at radius 1 is 1.00 bits per heavy atom. The molecule has 0 aliphatic heterocycles. The number of nitrogens with zero attached hydrogens (tertiary/aromatic N) is 3. The van der Waals surface area contributed by atoms with Gasteiger partial charge in [0, 0.05) is 11.6 Å². The molecule has 12 heteroatoms. The number of ether oxygens (including phenoxy) is 2. The van der Waals surface area contributed by atoms with Gasteiger partial charge in [-0.2, -0.15) is 5.10 Å². The molecule has 0 bridgehead atoms. The highest BCUT2D eigenvalue weighted by molar-refractivity contribution is 7.93. The first-order chi connectivity index (χ1) is 17.7. The summed E-state index contributed by atoms with van der Waals surface area (Å²) in [5, 5.41) is 15.7. The maximum absolute atomic E-state index is 13.5. The molecule has 0 aliphatic carbocycles. The lowest BCUT2D eigenvalue weighted by Gasteiger charge is -2.23. The predicted molar refractivity (Wildman–Crippen MR) is 139 cm³/mol. The van der Waals surface area contributed by atoms with E-state index in [1.807, 2.05) is 6.92 Å². The van der Waals surface area contributed by atoms with E-state index in [-0.39, 0.29) is 5.69 Å². The van der Waals surface area contributed by atoms with Crippen LogP contribution in [0.3, 0.4) is 0 Å². The lowest BCUT2D eigenvalue weighted by molar-refractivity contribution is -0.387. The summed E-state index contributed by atoms with van der Waals surface area (Å²) >= 11 is 0. The van der Waals surface area contributed by atoms with Gasteiger partial charge >= 0.3 is 0 Å². The molecule has 37 heavy (non-hydrogen) atoms. The number of methoxy groups -OCH3 is 2. The highest BCUT2D eigenvalue weighted by Crippen LogP contribution is 2.30. The average molecular weight is 527 g/mol. The Labute approximate surface area is 214 Å². The number of sulfonamides is 1. The van der Waals surface area contributed by atoms with Gasteiger partial charge in [0.05, 0.1) is 30.5 Å². The van der Waals surface area contributed by atoms with Gasteiger partial charge in [-0.3, -0.25) is 19.2 Å². The third-order valence-corrected chi connectivity index (χ3v) is 7.15. The Kier molecular flexibility index (Phi) is 8.80. The van der Waals surface area contributed by atoms with Crippen LogP contribution < -0.4 is 19.2 Å². The predicted octanol–water partition coefficient (Wildman–Crippen LogP) is 3.74. The third kappa shape index (κ3) is 6.22. The van der Waals surface area contributed by atoms with Crippen molar-refractivity contribution in [3.63, 3.8) is 0 Å². The molecule has 0 saturated carbocycles. The maximum Gasteiger partial charge on any atom is 0.289 e. The van der Waals surface area contributed by atoms with E-state index in [0.717, 1.165) is 16.4 Å². The van der Waals surface area contributed by atoms with Crippen LogP contribution in [0.15, 0.2) is 82.8 Å². The number of hydrogen-bond acceptors (Lipinski definition) is 8. The summed E-state index contributed by atoms with van der Waals surface area (Å²) in [6.45, 7) is 1.18. The van der Waals surface area contributed by atoms with E-state index in [0.29, 0.717) is 29.2 Å². The molecule has 0 fully saturated rings. The van der Waals surface area contributed by atoms with E-state index in [9.17, 15) is 23.3 Å². The molecule has 3 aromatic rings. The van der Waals surface area contributed by atoms with E-state index in [1.54, 1.807) is 36.4 Å². The van der Waals surface area contributed by atoms with Gasteiger partial charge in [0.1, 0.15) is 6.54 Å². The summed E-state index contributed by atoms with van der Waals surface area (Å²) in [6, 6.07) is 18.0. The second kappa shape index (κ2) is 12.0. The van der Waals surface area contributed by atoms with Crippen LogP contribution in [0.2, 0.25) is 0 Å². The van der Waals surface area contributed by atoms with Crippen molar-refractivity contribution < 1.29 is 27.6 Å². The second-order valence-electron chi connectivity index (χ2n) is 7.59. The van der Waals surface area contributed by atoms with Crippen LogP contribution >= 0.6 is 0 Å². The Morgan fingerprint density at radius 3 is 2.27 bits per heavy atom. The average Bonchev–Trinajstić information content (AvgIpc) is 2.92. The molecule has 0 unspecified atom stereocenters. The number of nitrogens with one attached hydrogen (secondary N) is 1. The molecule has 0 saturated heterocycles. The van der Waals surface area contributed by atoms with Gasteiger partial charge < -0.3 is 9.47 Å². The summed E-state index contributed by atoms with van der Waals surface area (Å²) in [4.78, 5) is 23.1. The lowest BCUT2D eigenvalue weighted by atomic mass is 10.1. The Hall–Kier alpha value is -4.45. The largest absolute Gasteiger partial charge is 0.493 e. The molecular formula is C25H26N4O7S. The van der Waals surface area contributed by atoms with E-state index in [2.05, 4.69) is 10.5 Å². The second-order valence-corrected chi connectivity index (χ2v) is 9.42. The minimum atomic E-state index is -4.49. The molecule has 0 radical (unpaired) electrons. The SMILES string of the molecule is CC/C(=N/NC(=O)CN(c1ccccc1)S(=O)(=O)c1ccccc1[N+](=O)[O-])c1ccc(OC)c(OC)c1. The van der Waals surface area contributed by atoms with Gasteiger partial charge in [-0.05, 0) is 42.8 Å². The standard InChI is InChI=1S/C25H26N4O7S/c1-4-20(18-14-15-22(35-2)23(16-18)36-3)26-27-25(30)17-28(19-10-6-5-7-11-19)37(33,34)24-13-9-8-12-21(24)29(31)32/h5-16H,4,17H2,1-3H3,(H,27,30)/b26-20-. The van der Waals surface area contributed by atoms with Crippen molar-refractivity contribution in [3.05, 3.63) is 88.5 Å². The van der Waals surface area contributed by atoms with Gasteiger partial charge in [-0.1, -0.05) is 37.3 Å². The first-order valence-corrected chi connectivity index (χ1v) is 12.6. The molecule has 0 atom stereocenters. The number of para-hydroxylation sites is 2. The number of anilines is 1. The van der Waals surface area contributed by atoms with E-state index < -0.39 is 38.0 Å². The molecule has 0 heterocycles. The Morgan fingerprint density at radius 2 is 1.65 bits per heavy atom. The van der Waals surface area contributed by atoms with Crippen molar-refractivity contribution in [2.24, 2.45) is 5.10 Å². The van der Waals surface area contributed by atoms with Crippen LogP contribution in [0.4, 0.5) is 11.4 Å². The van der Waals surface area contributed by atoms with Gasteiger partial charge in [-0.25, -0.2) is 13.8 Å². The van der Waals surface area contributed by atoms with E-state index >= 15 is 0 Å². The van der Waals surface area contributed by atoms with E-state index in [4.69, 9.17) is 9.47 Å². The van der Waals surface area contributed by atoms with Crippen molar-refractivity contribution in [3.8, 4) is 11.5 Å². The van der Waals surface area contributed by atoms with Gasteiger partial charge in [0.15, 0.2) is 16.4 Å². The quantitative estimate of drug-likeness (QED) is 0.228. The monoisotopic (exact) mass is 526 g/mol. The molecule has 3 rings (SSSR count). The van der Waals surface area contributed by atoms with Crippen molar-refractivity contribution in [1.82, 2.24) is 5.43 Å². The zero-order valence-corrected chi connectivity index (χ0v) is 21.3. The van der Waals surface area contributed by atoms with Crippen molar-refractivity contribution in [1.29, 1.82) is 0 Å². The minimum Gasteiger partial charge on any atom is -0.493 e. The summed E-state index contributed by atoms with van der Waals surface area (Å²) in [7, 11) is -1.47. The zero-order valence-electron chi connectivity index (χ0n) is 20.5. The molecule has 0 aliphatic rings. The zero-order chi connectivity index (χ0) is 27.0. The highest BCUT2D eigenvalue weighted by atomic mass is 32.2. The van der Waals surface area contributed by atoms with Crippen molar-refractivity contribution in [2.75, 3.05) is 25.1 Å². The molecular weight excluding hydrogens is 500 g/mol. The molecule has 0 spiro atoms. The van der Waals surface area contributed by atoms with Crippen molar-refractivity contribution in [2.45, 2.75) is 18.2 Å². The molecule has 3 aromatic carbocycles. The maximum atomic E-state index is 13.5. The number of carbonyl (C=O) groups is 1. The summed E-state index contributed by atoms with van der Waals surface area (Å²) in [5.41, 5.74) is 3.15. The Bertz CT molecular complexity index is 1410. The van der Waals surface area contributed by atoms with Crippen molar-refractivity contribution >= 4 is 33.0 Å². The molecule has 11 nitrogen and oxygen atoms in total. The number of amides is 1. The van der Waals surface area contributed by atoms with Gasteiger partial charge in [0.25, 0.3) is 21.6 Å². The van der Waals surface area contributed by atoms with Crippen LogP contribution in [-0.4, -0.2) is 45.7 Å². The first kappa shape index (κ1) is 27.1. The topological polar surface area (TPSA) is 140 Å². The lowest BCUT2D eigenvalue weighted by Crippen LogP contribution is -2.40. The van der Waals surface area contributed by atoms with Crippen LogP contribution in [0, 0.1) is 10.1 Å². The molecule has 1 N–H and O–H groups in total. The van der Waals surface area contributed by atoms with Crippen LogP contribution in [0.5, 0.6) is 11.5 Å². The number of nitro benzene ring substituents is 1. The molecule has 1 amide bonds. The molecule has 194 valence electrons. The highest BCUT2D eigenvalue weighted by Gasteiger charge is 2.33. The fourth-order valence-electron chi connectivity index (χ4n) is 3.51. The number of hydrazone groups is 1. The number of rotatable bonds is 11. The summed E-state index contributed by atoms with van der Waals surface area (Å²) < 4.78 is 38.4. The fraction of sp³-hybridized carbons (Fsp3) is 0.200. The molecule has 0 aromatic heterocycles. The van der Waals surface area contributed by atoms with Gasteiger partial charge in [0.2, 0.25) is 0 Å². The van der Waals surface area contributed by atoms with Gasteiger partial charge in [-0.15, -0.1) is 0 Å². The van der Waals surface area contributed by atoms with Crippen LogP contribution in [0.1, 0.15) is 18.9 Å². The third-order valence-electron chi connectivity index (χ3n) is 5.33. The Balaban J connectivity index is 1.92. The number of nitro groups is 1. The normalized spacial score (nSPS) is 11.5. The smallest absolute Gasteiger partial charge is 0.289 e. The summed E-state index contributed by atoms with van der Waals surface area (Å²) in [6.07, 6.45) is 0.451. The van der Waals surface area contributed by atoms with Crippen LogP contribution in [0.25, 0.3) is 0 Å². The van der Waals surface area contributed by atoms with E-state index in [1.165, 1.54) is 38.5 Å². The minimum absolute atomic E-state index is 0.162.